The van der Waals surface area contributed by atoms with Crippen LogP contribution in [0.3, 0.4) is 0 Å². The van der Waals surface area contributed by atoms with Gasteiger partial charge in [-0.05, 0) is 55.3 Å². The molecule has 0 bridgehead atoms. The fraction of sp³-hybridized carbons (Fsp3) is 0.424. The quantitative estimate of drug-likeness (QED) is 0.0732. The Morgan fingerprint density at radius 1 is 0.867 bits per heavy atom. The Kier molecular flexibility index (Phi) is 14.6. The van der Waals surface area contributed by atoms with Crippen molar-refractivity contribution >= 4 is 38.4 Å². The second kappa shape index (κ2) is 18.4. The number of unbranched alkanes of at least 4 members (excludes halogenated alkanes) is 9. The number of hydrogen-bond acceptors (Lipinski definition) is 7. The number of carbonyl (C=O) groups is 1. The number of hydrogen-bond donors (Lipinski definition) is 2. The van der Waals surface area contributed by atoms with Crippen LogP contribution >= 0.6 is 0 Å². The summed E-state index contributed by atoms with van der Waals surface area (Å²) in [5.74, 6) is -0.222. The van der Waals surface area contributed by atoms with E-state index in [4.69, 9.17) is 4.18 Å². The highest BCUT2D eigenvalue weighted by Gasteiger charge is 2.22. The molecule has 0 aliphatic carbocycles. The van der Waals surface area contributed by atoms with Crippen molar-refractivity contribution in [3.8, 4) is 5.75 Å². The summed E-state index contributed by atoms with van der Waals surface area (Å²) in [5, 5.41) is 14.1. The Bertz CT molecular complexity index is 1530. The lowest BCUT2D eigenvalue weighted by Gasteiger charge is -2.11. The van der Waals surface area contributed by atoms with Gasteiger partial charge in [0.05, 0.1) is 21.1 Å². The first-order chi connectivity index (χ1) is 21.6. The molecule has 0 radical (unpaired) electrons. The summed E-state index contributed by atoms with van der Waals surface area (Å²) in [5.41, 5.74) is 0.985. The van der Waals surface area contributed by atoms with Gasteiger partial charge in [0.1, 0.15) is 11.4 Å². The highest BCUT2D eigenvalue weighted by Crippen LogP contribution is 2.28. The van der Waals surface area contributed by atoms with Crippen molar-refractivity contribution in [3.63, 3.8) is 0 Å². The Morgan fingerprint density at radius 3 is 2.07 bits per heavy atom. The molecule has 1 atom stereocenters. The van der Waals surface area contributed by atoms with Gasteiger partial charge in [0.2, 0.25) is 27.0 Å². The van der Waals surface area contributed by atoms with E-state index in [0.717, 1.165) is 43.0 Å². The van der Waals surface area contributed by atoms with Crippen LogP contribution in [0.4, 0.5) is 11.4 Å². The monoisotopic (exact) mass is 657 g/mol. The van der Waals surface area contributed by atoms with Gasteiger partial charge in [-0.2, -0.15) is 0 Å². The minimum atomic E-state index is -3.93. The molecule has 0 aromatic heterocycles. The molecular weight excluding hydrogens is 615 g/mol. The normalized spacial score (nSPS) is 12.0. The van der Waals surface area contributed by atoms with Crippen LogP contribution in [0.15, 0.2) is 76.5 Å². The van der Waals surface area contributed by atoms with Crippen molar-refractivity contribution in [3.05, 3.63) is 88.0 Å². The molecule has 0 saturated carbocycles. The third-order valence-corrected chi connectivity index (χ3v) is 9.70. The Balaban J connectivity index is 1.51. The van der Waals surface area contributed by atoms with Crippen LogP contribution in [-0.4, -0.2) is 30.0 Å². The van der Waals surface area contributed by atoms with E-state index in [-0.39, 0.29) is 23.5 Å². The van der Waals surface area contributed by atoms with Gasteiger partial charge in [-0.25, -0.2) is 17.3 Å². The molecule has 0 aliphatic heterocycles. The van der Waals surface area contributed by atoms with Gasteiger partial charge in [0.25, 0.3) is 5.69 Å². The zero-order chi connectivity index (χ0) is 32.7. The highest BCUT2D eigenvalue weighted by molar-refractivity contribution is 7.89. The lowest BCUT2D eigenvalue weighted by Crippen LogP contribution is -2.25. The van der Waals surface area contributed by atoms with E-state index >= 15 is 0 Å². The van der Waals surface area contributed by atoms with Crippen LogP contribution in [-0.2, 0) is 32.3 Å². The first-order valence-corrected chi connectivity index (χ1v) is 18.0. The van der Waals surface area contributed by atoms with Crippen LogP contribution in [0, 0.1) is 17.0 Å². The predicted octanol–water partition coefficient (Wildman–Crippen LogP) is 7.39. The molecule has 244 valence electrons. The van der Waals surface area contributed by atoms with E-state index < -0.39 is 37.6 Å². The van der Waals surface area contributed by atoms with E-state index in [1.54, 1.807) is 36.4 Å². The largest absolute Gasteiger partial charge is 0.397 e. The van der Waals surface area contributed by atoms with Gasteiger partial charge in [-0.15, -0.1) is 0 Å². The maximum atomic E-state index is 12.9. The minimum Gasteiger partial charge on any atom is -0.397 e. The molecule has 0 saturated heterocycles. The third-order valence-electron chi connectivity index (χ3n) is 7.24. The van der Waals surface area contributed by atoms with Gasteiger partial charge in [-0.1, -0.05) is 94.5 Å². The second-order valence-corrected chi connectivity index (χ2v) is 13.9. The van der Waals surface area contributed by atoms with Crippen molar-refractivity contribution in [1.29, 1.82) is 0 Å². The number of nitrogens with one attached hydrogen (secondary N) is 2. The lowest BCUT2D eigenvalue weighted by atomic mass is 10.1. The summed E-state index contributed by atoms with van der Waals surface area (Å²) in [4.78, 5) is 24.1. The number of rotatable bonds is 20. The number of anilines is 1. The van der Waals surface area contributed by atoms with Crippen molar-refractivity contribution < 1.29 is 26.5 Å². The van der Waals surface area contributed by atoms with Gasteiger partial charge >= 0.3 is 0 Å². The maximum absolute atomic E-state index is 12.9. The number of amides is 1. The molecule has 45 heavy (non-hydrogen) atoms. The summed E-state index contributed by atoms with van der Waals surface area (Å²) < 4.78 is 46.3. The Labute approximate surface area is 268 Å². The molecule has 0 spiro atoms. The highest BCUT2D eigenvalue weighted by atomic mass is 32.2. The van der Waals surface area contributed by atoms with Crippen molar-refractivity contribution in [2.75, 3.05) is 11.9 Å². The van der Waals surface area contributed by atoms with Crippen molar-refractivity contribution in [2.24, 2.45) is 0 Å². The van der Waals surface area contributed by atoms with Gasteiger partial charge in [-0.3, -0.25) is 14.9 Å². The van der Waals surface area contributed by atoms with Crippen molar-refractivity contribution in [2.45, 2.75) is 94.3 Å². The molecular formula is C33H43N3O7S2. The number of aryl methyl sites for hydroxylation is 1. The molecule has 0 heterocycles. The van der Waals surface area contributed by atoms with Crippen LogP contribution in [0.25, 0.3) is 0 Å². The molecule has 0 aliphatic rings. The average Bonchev–Trinajstić information content (AvgIpc) is 3.01. The Morgan fingerprint density at radius 2 is 1.47 bits per heavy atom. The molecule has 1 unspecified atom stereocenters. The van der Waals surface area contributed by atoms with Crippen LogP contribution in [0.5, 0.6) is 5.75 Å². The number of carbonyl (C=O) groups excluding carboxylic acids is 1. The smallest absolute Gasteiger partial charge is 0.292 e. The summed E-state index contributed by atoms with van der Waals surface area (Å²) in [6.07, 6.45) is 11.2. The molecule has 3 aromatic rings. The zero-order valence-corrected chi connectivity index (χ0v) is 27.6. The van der Waals surface area contributed by atoms with Crippen molar-refractivity contribution in [1.82, 2.24) is 4.72 Å². The molecule has 3 aromatic carbocycles. The van der Waals surface area contributed by atoms with Gasteiger partial charge in [0, 0.05) is 12.6 Å². The number of sulfonamides is 1. The lowest BCUT2D eigenvalue weighted by molar-refractivity contribution is -0.384. The van der Waals surface area contributed by atoms with Crippen LogP contribution in [0.1, 0.15) is 82.3 Å². The number of nitro benzene ring substituents is 1. The number of nitrogens with zero attached hydrogens (tertiary/aromatic N) is 1. The molecule has 1 amide bonds. The van der Waals surface area contributed by atoms with E-state index in [2.05, 4.69) is 17.0 Å². The summed E-state index contributed by atoms with van der Waals surface area (Å²) in [7, 11) is -3.93. The summed E-state index contributed by atoms with van der Waals surface area (Å²) >= 11 is -1.71. The van der Waals surface area contributed by atoms with Crippen LogP contribution < -0.4 is 14.2 Å². The van der Waals surface area contributed by atoms with Gasteiger partial charge in [0.15, 0.2) is 0 Å². The standard InChI is InChI=1S/C33H43N3O7S2/c1-3-4-5-6-7-8-9-10-11-12-23-34-45(41,42)30-21-22-32(36(38)39)31(25-30)35-33(37)24-27-15-17-28(18-16-27)43-44(40)29-19-13-26(2)14-20-29/h13-22,25,34H,3-12,23-24H2,1-2H3,(H,35,37). The van der Waals surface area contributed by atoms with Crippen LogP contribution in [0.2, 0.25) is 0 Å². The average molecular weight is 658 g/mol. The topological polar surface area (TPSA) is 145 Å². The fourth-order valence-electron chi connectivity index (χ4n) is 4.67. The SMILES string of the molecule is CCCCCCCCCCCCNS(=O)(=O)c1ccc([N+](=O)[O-])c(NC(=O)Cc2ccc(OS(=O)c3ccc(C)cc3)cc2)c1. The van der Waals surface area contributed by atoms with E-state index in [9.17, 15) is 27.5 Å². The molecule has 2 N–H and O–H groups in total. The Hall–Kier alpha value is -3.61. The first kappa shape index (κ1) is 35.9. The number of benzene rings is 3. The summed E-state index contributed by atoms with van der Waals surface area (Å²) in [6, 6.07) is 16.8. The molecule has 0 fully saturated rings. The molecule has 3 rings (SSSR count). The number of nitro groups is 1. The molecule has 12 heteroatoms. The second-order valence-electron chi connectivity index (χ2n) is 11.0. The van der Waals surface area contributed by atoms with E-state index in [1.807, 2.05) is 19.1 Å². The maximum Gasteiger partial charge on any atom is 0.292 e. The van der Waals surface area contributed by atoms with E-state index in [0.29, 0.717) is 22.6 Å². The zero-order valence-electron chi connectivity index (χ0n) is 26.0. The molecule has 10 nitrogen and oxygen atoms in total. The minimum absolute atomic E-state index is 0.132. The third kappa shape index (κ3) is 12.4. The first-order valence-electron chi connectivity index (χ1n) is 15.4. The van der Waals surface area contributed by atoms with Gasteiger partial charge < -0.3 is 9.50 Å². The predicted molar refractivity (Wildman–Crippen MR) is 177 cm³/mol. The van der Waals surface area contributed by atoms with E-state index in [1.165, 1.54) is 38.5 Å². The fourth-order valence-corrected chi connectivity index (χ4v) is 6.51. The summed E-state index contributed by atoms with van der Waals surface area (Å²) in [6.45, 7) is 4.39.